The Bertz CT molecular complexity index is 1150. The van der Waals surface area contributed by atoms with E-state index in [1.165, 1.54) is 0 Å². The zero-order valence-corrected chi connectivity index (χ0v) is 21.6. The number of carbonyl (C=O) groups is 2. The van der Waals surface area contributed by atoms with Crippen LogP contribution in [0.15, 0.2) is 36.4 Å². The van der Waals surface area contributed by atoms with E-state index in [0.717, 1.165) is 59.7 Å². The van der Waals surface area contributed by atoms with Gasteiger partial charge in [-0.2, -0.15) is 0 Å². The van der Waals surface area contributed by atoms with Gasteiger partial charge in [-0.1, -0.05) is 26.0 Å². The van der Waals surface area contributed by atoms with Crippen molar-refractivity contribution in [3.8, 4) is 11.1 Å². The predicted octanol–water partition coefficient (Wildman–Crippen LogP) is 5.19. The minimum atomic E-state index is 0.0409. The summed E-state index contributed by atoms with van der Waals surface area (Å²) in [5.41, 5.74) is 6.15. The number of fused-ring (bicyclic) bond motifs is 2. The van der Waals surface area contributed by atoms with E-state index in [4.69, 9.17) is 9.47 Å². The molecule has 190 valence electrons. The Morgan fingerprint density at radius 1 is 0.750 bits per heavy atom. The second-order valence-corrected chi connectivity index (χ2v) is 11.9. The van der Waals surface area contributed by atoms with Crippen molar-refractivity contribution in [1.29, 1.82) is 0 Å². The van der Waals surface area contributed by atoms with Crippen LogP contribution in [0.2, 0.25) is 0 Å². The molecule has 6 unspecified atom stereocenters. The van der Waals surface area contributed by atoms with Crippen molar-refractivity contribution in [3.05, 3.63) is 47.5 Å². The topological polar surface area (TPSA) is 76.7 Å². The van der Waals surface area contributed by atoms with Gasteiger partial charge in [-0.05, 0) is 84.0 Å². The Labute approximate surface area is 213 Å². The van der Waals surface area contributed by atoms with Crippen molar-refractivity contribution >= 4 is 23.2 Å². The largest absolute Gasteiger partial charge is 0.381 e. The van der Waals surface area contributed by atoms with Gasteiger partial charge in [0.05, 0.1) is 13.2 Å². The molecular weight excluding hydrogens is 452 g/mol. The molecule has 36 heavy (non-hydrogen) atoms. The molecular formula is C30H36N2O4. The lowest BCUT2D eigenvalue weighted by molar-refractivity contribution is -0.119. The third-order valence-corrected chi connectivity index (χ3v) is 9.73. The highest BCUT2D eigenvalue weighted by Gasteiger charge is 2.66. The molecule has 2 aromatic carbocycles. The molecule has 0 radical (unpaired) electrons. The van der Waals surface area contributed by atoms with Crippen molar-refractivity contribution in [2.45, 2.75) is 40.5 Å². The summed E-state index contributed by atoms with van der Waals surface area (Å²) in [5, 5.41) is 6.33. The normalized spacial score (nSPS) is 34.2. The van der Waals surface area contributed by atoms with Crippen LogP contribution in [0.1, 0.15) is 37.8 Å². The summed E-state index contributed by atoms with van der Waals surface area (Å²) in [4.78, 5) is 25.9. The van der Waals surface area contributed by atoms with E-state index >= 15 is 0 Å². The fourth-order valence-corrected chi connectivity index (χ4v) is 6.93. The standard InChI is InChI=1S/C30H36N2O4/c1-17-13-19(5-7-23(17)31-27(33)25-21-15-35-11-9-29(21,25)3)20-6-8-24(18(2)14-20)32-28(34)26-22-16-36-12-10-30(22,26)4/h5-8,13-14,21-22,25-26H,9-12,15-16H2,1-4H3,(H,31,33)(H,32,34). The molecule has 4 aliphatic rings. The zero-order valence-electron chi connectivity index (χ0n) is 21.6. The van der Waals surface area contributed by atoms with E-state index in [0.29, 0.717) is 25.0 Å². The van der Waals surface area contributed by atoms with Crippen molar-refractivity contribution in [2.75, 3.05) is 37.1 Å². The van der Waals surface area contributed by atoms with E-state index in [1.54, 1.807) is 0 Å². The smallest absolute Gasteiger partial charge is 0.228 e. The van der Waals surface area contributed by atoms with E-state index in [9.17, 15) is 9.59 Å². The lowest BCUT2D eigenvalue weighted by atomic mass is 9.98. The van der Waals surface area contributed by atoms with Crippen LogP contribution >= 0.6 is 0 Å². The lowest BCUT2D eigenvalue weighted by Crippen LogP contribution is -2.19. The number of benzene rings is 2. The van der Waals surface area contributed by atoms with Gasteiger partial charge >= 0.3 is 0 Å². The first-order valence-electron chi connectivity index (χ1n) is 13.2. The summed E-state index contributed by atoms with van der Waals surface area (Å²) >= 11 is 0. The molecule has 2 aliphatic heterocycles. The minimum Gasteiger partial charge on any atom is -0.381 e. The van der Waals surface area contributed by atoms with Crippen LogP contribution in [0.5, 0.6) is 0 Å². The molecule has 2 amide bonds. The average Bonchev–Trinajstić information content (AvgIpc) is 3.69. The summed E-state index contributed by atoms with van der Waals surface area (Å²) in [7, 11) is 0. The molecule has 0 aromatic heterocycles. The summed E-state index contributed by atoms with van der Waals surface area (Å²) < 4.78 is 11.2. The van der Waals surface area contributed by atoms with Crippen LogP contribution in [0.3, 0.4) is 0 Å². The van der Waals surface area contributed by atoms with Gasteiger partial charge in [-0.3, -0.25) is 9.59 Å². The quantitative estimate of drug-likeness (QED) is 0.607. The Balaban J connectivity index is 1.12. The van der Waals surface area contributed by atoms with E-state index in [-0.39, 0.29) is 34.5 Å². The first-order valence-corrected chi connectivity index (χ1v) is 13.2. The highest BCUT2D eigenvalue weighted by Crippen LogP contribution is 2.63. The van der Waals surface area contributed by atoms with Gasteiger partial charge in [0.2, 0.25) is 11.8 Å². The van der Waals surface area contributed by atoms with E-state index in [1.807, 2.05) is 26.0 Å². The maximum Gasteiger partial charge on any atom is 0.228 e. The van der Waals surface area contributed by atoms with Crippen LogP contribution < -0.4 is 10.6 Å². The average molecular weight is 489 g/mol. The molecule has 6 nitrogen and oxygen atoms in total. The molecule has 2 N–H and O–H groups in total. The third-order valence-electron chi connectivity index (χ3n) is 9.73. The molecule has 2 saturated carbocycles. The molecule has 2 heterocycles. The Morgan fingerprint density at radius 2 is 1.17 bits per heavy atom. The van der Waals surface area contributed by atoms with Crippen LogP contribution in [0, 0.1) is 48.3 Å². The number of aryl methyl sites for hydroxylation is 2. The van der Waals surface area contributed by atoms with Gasteiger partial charge in [-0.25, -0.2) is 0 Å². The number of anilines is 2. The third kappa shape index (κ3) is 3.77. The first kappa shape index (κ1) is 23.7. The molecule has 4 fully saturated rings. The fourth-order valence-electron chi connectivity index (χ4n) is 6.93. The van der Waals surface area contributed by atoms with Gasteiger partial charge in [0.25, 0.3) is 0 Å². The summed E-state index contributed by atoms with van der Waals surface area (Å²) in [6.07, 6.45) is 1.91. The second kappa shape index (κ2) is 8.42. The summed E-state index contributed by atoms with van der Waals surface area (Å²) in [6, 6.07) is 12.3. The maximum atomic E-state index is 13.0. The molecule has 2 saturated heterocycles. The first-order chi connectivity index (χ1) is 17.2. The summed E-state index contributed by atoms with van der Waals surface area (Å²) in [6.45, 7) is 11.4. The van der Waals surface area contributed by atoms with Crippen molar-refractivity contribution < 1.29 is 19.1 Å². The molecule has 6 atom stereocenters. The molecule has 2 aliphatic carbocycles. The number of amides is 2. The van der Waals surface area contributed by atoms with E-state index < -0.39 is 0 Å². The van der Waals surface area contributed by atoms with Gasteiger partial charge < -0.3 is 20.1 Å². The second-order valence-electron chi connectivity index (χ2n) is 11.9. The molecule has 6 rings (SSSR count). The van der Waals surface area contributed by atoms with Gasteiger partial charge in [-0.15, -0.1) is 0 Å². The van der Waals surface area contributed by atoms with Gasteiger partial charge in [0, 0.05) is 48.3 Å². The van der Waals surface area contributed by atoms with Crippen LogP contribution in [-0.2, 0) is 19.1 Å². The SMILES string of the molecule is Cc1cc(-c2ccc(NC(=O)C3C4COCCC43C)c(C)c2)ccc1NC(=O)C1C2COCCC21C. The number of carbonyl (C=O) groups excluding carboxylic acids is 2. The predicted molar refractivity (Wildman–Crippen MR) is 140 cm³/mol. The molecule has 6 heteroatoms. The monoisotopic (exact) mass is 488 g/mol. The van der Waals surface area contributed by atoms with Crippen LogP contribution in [-0.4, -0.2) is 38.2 Å². The molecule has 0 spiro atoms. The van der Waals surface area contributed by atoms with E-state index in [2.05, 4.69) is 48.7 Å². The Kier molecular flexibility index (Phi) is 5.54. The Morgan fingerprint density at radius 3 is 1.50 bits per heavy atom. The lowest BCUT2D eigenvalue weighted by Gasteiger charge is -2.17. The number of ether oxygens (including phenoxy) is 2. The molecule has 2 aromatic rings. The van der Waals surface area contributed by atoms with Crippen molar-refractivity contribution in [1.82, 2.24) is 0 Å². The maximum absolute atomic E-state index is 13.0. The van der Waals surface area contributed by atoms with Crippen LogP contribution in [0.25, 0.3) is 11.1 Å². The van der Waals surface area contributed by atoms with Gasteiger partial charge in [0.15, 0.2) is 0 Å². The summed E-state index contributed by atoms with van der Waals surface area (Å²) in [5.74, 6) is 0.978. The fraction of sp³-hybridized carbons (Fsp3) is 0.533. The van der Waals surface area contributed by atoms with Crippen molar-refractivity contribution in [3.63, 3.8) is 0 Å². The van der Waals surface area contributed by atoms with Crippen LogP contribution in [0.4, 0.5) is 11.4 Å². The molecule has 0 bridgehead atoms. The number of hydrogen-bond donors (Lipinski definition) is 2. The Hall–Kier alpha value is -2.70. The van der Waals surface area contributed by atoms with Gasteiger partial charge in [0.1, 0.15) is 0 Å². The minimum absolute atomic E-state index is 0.0409. The highest BCUT2D eigenvalue weighted by atomic mass is 16.5. The number of rotatable bonds is 5. The highest BCUT2D eigenvalue weighted by molar-refractivity contribution is 5.97. The number of hydrogen-bond acceptors (Lipinski definition) is 4. The van der Waals surface area contributed by atoms with Crippen molar-refractivity contribution in [2.24, 2.45) is 34.5 Å². The zero-order chi connectivity index (χ0) is 25.2. The number of nitrogens with one attached hydrogen (secondary N) is 2.